The molecule has 0 bridgehead atoms. The van der Waals surface area contributed by atoms with Crippen molar-refractivity contribution in [2.75, 3.05) is 11.4 Å². The molecule has 1 saturated carbocycles. The first-order valence-corrected chi connectivity index (χ1v) is 10.6. The van der Waals surface area contributed by atoms with Crippen LogP contribution in [0.5, 0.6) is 0 Å². The Balaban J connectivity index is 1.33. The highest BCUT2D eigenvalue weighted by Crippen LogP contribution is 2.31. The highest BCUT2D eigenvalue weighted by atomic mass is 19.1. The van der Waals surface area contributed by atoms with E-state index in [1.807, 2.05) is 12.1 Å². The van der Waals surface area contributed by atoms with Crippen LogP contribution in [-0.4, -0.2) is 18.4 Å². The zero-order valence-corrected chi connectivity index (χ0v) is 16.6. The van der Waals surface area contributed by atoms with Gasteiger partial charge >= 0.3 is 0 Å². The number of rotatable bonds is 6. The maximum atomic E-state index is 13.1. The minimum atomic E-state index is -0.349. The van der Waals surface area contributed by atoms with Gasteiger partial charge in [0.2, 0.25) is 5.91 Å². The number of carbonyl (C=O) groups excluding carboxylic acids is 2. The lowest BCUT2D eigenvalue weighted by Crippen LogP contribution is -2.28. The molecule has 0 atom stereocenters. The summed E-state index contributed by atoms with van der Waals surface area (Å²) in [5.74, 6) is 0.380. The average molecular weight is 394 g/mol. The van der Waals surface area contributed by atoms with Gasteiger partial charge in [0.25, 0.3) is 5.91 Å². The quantitative estimate of drug-likeness (QED) is 0.777. The van der Waals surface area contributed by atoms with Crippen molar-refractivity contribution in [2.45, 2.75) is 51.5 Å². The predicted molar refractivity (Wildman–Crippen MR) is 111 cm³/mol. The monoisotopic (exact) mass is 394 g/mol. The summed E-state index contributed by atoms with van der Waals surface area (Å²) in [6.07, 6.45) is 7.54. The molecule has 0 aromatic heterocycles. The summed E-state index contributed by atoms with van der Waals surface area (Å²) in [6.45, 7) is 1.13. The summed E-state index contributed by atoms with van der Waals surface area (Å²) < 4.78 is 13.1. The number of carbonyl (C=O) groups is 2. The van der Waals surface area contributed by atoms with E-state index < -0.39 is 0 Å². The molecule has 0 saturated heterocycles. The van der Waals surface area contributed by atoms with E-state index in [1.54, 1.807) is 4.90 Å². The lowest BCUT2D eigenvalue weighted by molar-refractivity contribution is -0.121. The van der Waals surface area contributed by atoms with Gasteiger partial charge in [0.1, 0.15) is 5.82 Å². The fourth-order valence-corrected chi connectivity index (χ4v) is 4.45. The molecule has 2 aromatic carbocycles. The third-order valence-corrected chi connectivity index (χ3v) is 6.12. The van der Waals surface area contributed by atoms with Crippen LogP contribution in [0.25, 0.3) is 0 Å². The largest absolute Gasteiger partial charge is 0.352 e. The third-order valence-electron chi connectivity index (χ3n) is 6.12. The molecule has 0 spiro atoms. The summed E-state index contributed by atoms with van der Waals surface area (Å²) >= 11 is 0. The Morgan fingerprint density at radius 1 is 1.07 bits per heavy atom. The molecular formula is C24H27FN2O2. The number of amides is 2. The SMILES string of the molecule is O=C(CCC1CCCC1)NCc1ccc2c(c1)CCN2C(=O)c1ccc(F)cc1. The lowest BCUT2D eigenvalue weighted by Gasteiger charge is -2.18. The van der Waals surface area contributed by atoms with E-state index in [0.717, 1.165) is 35.6 Å². The Labute approximate surface area is 171 Å². The van der Waals surface area contributed by atoms with Crippen molar-refractivity contribution < 1.29 is 14.0 Å². The first kappa shape index (κ1) is 19.6. The fraction of sp³-hybridized carbons (Fsp3) is 0.417. The van der Waals surface area contributed by atoms with Crippen LogP contribution < -0.4 is 10.2 Å². The summed E-state index contributed by atoms with van der Waals surface area (Å²) in [4.78, 5) is 26.6. The van der Waals surface area contributed by atoms with Gasteiger partial charge in [-0.1, -0.05) is 37.8 Å². The third kappa shape index (κ3) is 4.66. The summed E-state index contributed by atoms with van der Waals surface area (Å²) in [7, 11) is 0. The maximum absolute atomic E-state index is 13.1. The molecule has 4 nitrogen and oxygen atoms in total. The molecule has 1 aliphatic heterocycles. The molecule has 2 aromatic rings. The lowest BCUT2D eigenvalue weighted by atomic mass is 10.0. The zero-order valence-electron chi connectivity index (χ0n) is 16.6. The van der Waals surface area contributed by atoms with E-state index in [1.165, 1.54) is 49.9 Å². The van der Waals surface area contributed by atoms with Gasteiger partial charge in [0, 0.05) is 30.8 Å². The topological polar surface area (TPSA) is 49.4 Å². The minimum absolute atomic E-state index is 0.114. The van der Waals surface area contributed by atoms with Gasteiger partial charge in [0.15, 0.2) is 0 Å². The molecule has 1 N–H and O–H groups in total. The van der Waals surface area contributed by atoms with Gasteiger partial charge in [-0.25, -0.2) is 4.39 Å². The van der Waals surface area contributed by atoms with E-state index >= 15 is 0 Å². The summed E-state index contributed by atoms with van der Waals surface area (Å²) in [6, 6.07) is 11.6. The first-order chi connectivity index (χ1) is 14.1. The van der Waals surface area contributed by atoms with Gasteiger partial charge < -0.3 is 10.2 Å². The van der Waals surface area contributed by atoms with Gasteiger partial charge in [-0.15, -0.1) is 0 Å². The summed E-state index contributed by atoms with van der Waals surface area (Å²) in [5.41, 5.74) is 3.54. The van der Waals surface area contributed by atoms with Crippen molar-refractivity contribution in [1.29, 1.82) is 0 Å². The first-order valence-electron chi connectivity index (χ1n) is 10.6. The van der Waals surface area contributed by atoms with E-state index in [9.17, 15) is 14.0 Å². The molecule has 152 valence electrons. The Morgan fingerprint density at radius 2 is 1.83 bits per heavy atom. The molecule has 1 aliphatic carbocycles. The van der Waals surface area contributed by atoms with Gasteiger partial charge in [-0.05, 0) is 60.2 Å². The molecule has 29 heavy (non-hydrogen) atoms. The Hall–Kier alpha value is -2.69. The van der Waals surface area contributed by atoms with Crippen LogP contribution in [0.4, 0.5) is 10.1 Å². The number of fused-ring (bicyclic) bond motifs is 1. The molecule has 1 heterocycles. The van der Waals surface area contributed by atoms with Crippen LogP contribution >= 0.6 is 0 Å². The second kappa shape index (κ2) is 8.76. The van der Waals surface area contributed by atoms with Crippen LogP contribution in [0.15, 0.2) is 42.5 Å². The van der Waals surface area contributed by atoms with Crippen LogP contribution in [0.2, 0.25) is 0 Å². The van der Waals surface area contributed by atoms with Crippen molar-refractivity contribution in [3.63, 3.8) is 0 Å². The molecule has 5 heteroatoms. The molecule has 2 aliphatic rings. The highest BCUT2D eigenvalue weighted by molar-refractivity contribution is 6.07. The van der Waals surface area contributed by atoms with Crippen LogP contribution in [-0.2, 0) is 17.8 Å². The van der Waals surface area contributed by atoms with Crippen molar-refractivity contribution in [2.24, 2.45) is 5.92 Å². The van der Waals surface area contributed by atoms with E-state index in [-0.39, 0.29) is 17.6 Å². The molecule has 1 fully saturated rings. The zero-order chi connectivity index (χ0) is 20.2. The number of nitrogens with one attached hydrogen (secondary N) is 1. The van der Waals surface area contributed by atoms with Gasteiger partial charge in [0.05, 0.1) is 0 Å². The van der Waals surface area contributed by atoms with Crippen molar-refractivity contribution in [1.82, 2.24) is 5.32 Å². The molecule has 2 amide bonds. The maximum Gasteiger partial charge on any atom is 0.258 e. The number of nitrogens with zero attached hydrogens (tertiary/aromatic N) is 1. The van der Waals surface area contributed by atoms with E-state index in [4.69, 9.17) is 0 Å². The fourth-order valence-electron chi connectivity index (χ4n) is 4.45. The molecular weight excluding hydrogens is 367 g/mol. The summed E-state index contributed by atoms with van der Waals surface area (Å²) in [5, 5.41) is 3.02. The predicted octanol–water partition coefficient (Wildman–Crippen LogP) is 4.62. The molecule has 4 rings (SSSR count). The standard InChI is InChI=1S/C24H27FN2O2/c25-21-9-7-19(8-10-21)24(29)27-14-13-20-15-18(5-11-22(20)27)16-26-23(28)12-6-17-3-1-2-4-17/h5,7-11,15,17H,1-4,6,12-14,16H2,(H,26,28). The van der Waals surface area contributed by atoms with Crippen molar-refractivity contribution in [3.05, 3.63) is 65.0 Å². The number of anilines is 1. The smallest absolute Gasteiger partial charge is 0.258 e. The van der Waals surface area contributed by atoms with Crippen LogP contribution in [0.1, 0.15) is 60.0 Å². The molecule has 0 unspecified atom stereocenters. The Bertz CT molecular complexity index is 888. The Morgan fingerprint density at radius 3 is 2.59 bits per heavy atom. The van der Waals surface area contributed by atoms with E-state index in [2.05, 4.69) is 11.4 Å². The van der Waals surface area contributed by atoms with E-state index in [0.29, 0.717) is 25.1 Å². The highest BCUT2D eigenvalue weighted by Gasteiger charge is 2.25. The second-order valence-corrected chi connectivity index (χ2v) is 8.14. The molecule has 0 radical (unpaired) electrons. The van der Waals surface area contributed by atoms with Crippen molar-refractivity contribution >= 4 is 17.5 Å². The van der Waals surface area contributed by atoms with Gasteiger partial charge in [-0.3, -0.25) is 9.59 Å². The van der Waals surface area contributed by atoms with Crippen LogP contribution in [0.3, 0.4) is 0 Å². The van der Waals surface area contributed by atoms with Crippen molar-refractivity contribution in [3.8, 4) is 0 Å². The number of hydrogen-bond donors (Lipinski definition) is 1. The average Bonchev–Trinajstić information content (AvgIpc) is 3.40. The number of hydrogen-bond acceptors (Lipinski definition) is 2. The number of benzene rings is 2. The van der Waals surface area contributed by atoms with Gasteiger partial charge in [-0.2, -0.15) is 0 Å². The normalized spacial score (nSPS) is 16.1. The second-order valence-electron chi connectivity index (χ2n) is 8.14. The van der Waals surface area contributed by atoms with Crippen LogP contribution in [0, 0.1) is 11.7 Å². The minimum Gasteiger partial charge on any atom is -0.352 e. The Kier molecular flexibility index (Phi) is 5.93. The number of halogens is 1.